The van der Waals surface area contributed by atoms with Crippen LogP contribution >= 0.6 is 11.6 Å². The predicted molar refractivity (Wildman–Crippen MR) is 74.5 cm³/mol. The molecule has 104 valence electrons. The topological polar surface area (TPSA) is 92.4 Å². The van der Waals surface area contributed by atoms with Crippen molar-refractivity contribution in [1.29, 1.82) is 0 Å². The normalized spacial score (nSPS) is 11.1. The van der Waals surface area contributed by atoms with Gasteiger partial charge in [-0.25, -0.2) is 4.79 Å². The van der Waals surface area contributed by atoms with Gasteiger partial charge in [-0.3, -0.25) is 4.79 Å². The number of carboxylic acid groups (broad SMARTS) is 1. The Morgan fingerprint density at radius 3 is 2.37 bits per heavy atom. The average molecular weight is 285 g/mol. The Balaban J connectivity index is 3.28. The van der Waals surface area contributed by atoms with Gasteiger partial charge >= 0.3 is 5.97 Å². The van der Waals surface area contributed by atoms with Gasteiger partial charge in [0.05, 0.1) is 10.6 Å². The maximum Gasteiger partial charge on any atom is 0.329 e. The van der Waals surface area contributed by atoms with Crippen molar-refractivity contribution in [3.63, 3.8) is 0 Å². The fourth-order valence-corrected chi connectivity index (χ4v) is 2.19. The zero-order valence-electron chi connectivity index (χ0n) is 10.9. The van der Waals surface area contributed by atoms with Gasteiger partial charge in [0.15, 0.2) is 0 Å². The molecule has 1 amide bonds. The molecule has 6 heteroatoms. The van der Waals surface area contributed by atoms with Gasteiger partial charge in [0.1, 0.15) is 5.54 Å². The lowest BCUT2D eigenvalue weighted by Crippen LogP contribution is -2.45. The molecule has 0 aliphatic heterocycles. The number of anilines is 1. The molecule has 0 spiro atoms. The number of benzene rings is 1. The lowest BCUT2D eigenvalue weighted by Gasteiger charge is -2.30. The van der Waals surface area contributed by atoms with E-state index in [4.69, 9.17) is 17.3 Å². The summed E-state index contributed by atoms with van der Waals surface area (Å²) < 4.78 is 0. The van der Waals surface area contributed by atoms with E-state index >= 15 is 0 Å². The average Bonchev–Trinajstić information content (AvgIpc) is 2.35. The molecule has 5 nitrogen and oxygen atoms in total. The zero-order valence-corrected chi connectivity index (χ0v) is 11.6. The molecule has 0 saturated carbocycles. The molecule has 1 aromatic carbocycles. The summed E-state index contributed by atoms with van der Waals surface area (Å²) in [6, 6.07) is 4.76. The third-order valence-electron chi connectivity index (χ3n) is 3.25. The van der Waals surface area contributed by atoms with Crippen molar-refractivity contribution in [3.05, 3.63) is 28.8 Å². The lowest BCUT2D eigenvalue weighted by atomic mass is 9.92. The fraction of sp³-hybridized carbons (Fsp3) is 0.385. The second-order valence-corrected chi connectivity index (χ2v) is 4.65. The Bertz CT molecular complexity index is 499. The minimum Gasteiger partial charge on any atom is -0.480 e. The quantitative estimate of drug-likeness (QED) is 0.748. The Morgan fingerprint density at radius 2 is 1.95 bits per heavy atom. The number of nitrogens with two attached hydrogens (primary N) is 1. The summed E-state index contributed by atoms with van der Waals surface area (Å²) in [7, 11) is 0. The fourth-order valence-electron chi connectivity index (χ4n) is 1.92. The highest BCUT2D eigenvalue weighted by molar-refractivity contribution is 6.34. The van der Waals surface area contributed by atoms with Gasteiger partial charge in [0, 0.05) is 5.69 Å². The van der Waals surface area contributed by atoms with Gasteiger partial charge in [-0.15, -0.1) is 0 Å². The van der Waals surface area contributed by atoms with E-state index in [9.17, 15) is 14.7 Å². The van der Waals surface area contributed by atoms with Crippen LogP contribution in [0.2, 0.25) is 5.02 Å². The number of aliphatic carboxylic acids is 1. The van der Waals surface area contributed by atoms with E-state index in [0.717, 1.165) is 0 Å². The highest BCUT2D eigenvalue weighted by Gasteiger charge is 2.35. The number of nitrogens with one attached hydrogen (secondary N) is 1. The summed E-state index contributed by atoms with van der Waals surface area (Å²) in [6.07, 6.45) is 0.729. The minimum atomic E-state index is -1.14. The summed E-state index contributed by atoms with van der Waals surface area (Å²) >= 11 is 5.93. The van der Waals surface area contributed by atoms with E-state index in [-0.39, 0.29) is 10.6 Å². The first kappa shape index (κ1) is 15.3. The maximum absolute atomic E-state index is 11.4. The van der Waals surface area contributed by atoms with E-state index in [1.54, 1.807) is 26.0 Å². The Kier molecular flexibility index (Phi) is 4.78. The molecule has 0 heterocycles. The highest BCUT2D eigenvalue weighted by Crippen LogP contribution is 2.29. The minimum absolute atomic E-state index is 0.108. The van der Waals surface area contributed by atoms with E-state index in [2.05, 4.69) is 5.32 Å². The summed E-state index contributed by atoms with van der Waals surface area (Å²) in [5.74, 6) is -1.67. The summed E-state index contributed by atoms with van der Waals surface area (Å²) in [5, 5.41) is 12.5. The molecule has 0 fully saturated rings. The van der Waals surface area contributed by atoms with Crippen molar-refractivity contribution in [2.24, 2.45) is 5.73 Å². The van der Waals surface area contributed by atoms with Crippen LogP contribution in [0.25, 0.3) is 0 Å². The van der Waals surface area contributed by atoms with Crippen LogP contribution in [-0.2, 0) is 4.79 Å². The number of hydrogen-bond donors (Lipinski definition) is 3. The molecule has 1 rings (SSSR count). The SMILES string of the molecule is CCC(CC)(Nc1cccc(Cl)c1C(N)=O)C(=O)O. The van der Waals surface area contributed by atoms with Crippen molar-refractivity contribution < 1.29 is 14.7 Å². The summed E-state index contributed by atoms with van der Waals surface area (Å²) in [5.41, 5.74) is 4.59. The second-order valence-electron chi connectivity index (χ2n) is 4.25. The van der Waals surface area contributed by atoms with Gasteiger partial charge < -0.3 is 16.2 Å². The van der Waals surface area contributed by atoms with Gasteiger partial charge in [-0.1, -0.05) is 31.5 Å². The van der Waals surface area contributed by atoms with E-state index in [1.807, 2.05) is 0 Å². The van der Waals surface area contributed by atoms with E-state index in [1.165, 1.54) is 6.07 Å². The van der Waals surface area contributed by atoms with Crippen LogP contribution in [0.4, 0.5) is 5.69 Å². The van der Waals surface area contributed by atoms with Crippen LogP contribution in [0, 0.1) is 0 Å². The van der Waals surface area contributed by atoms with Crippen LogP contribution < -0.4 is 11.1 Å². The van der Waals surface area contributed by atoms with Crippen LogP contribution in [0.3, 0.4) is 0 Å². The smallest absolute Gasteiger partial charge is 0.329 e. The van der Waals surface area contributed by atoms with Crippen molar-refractivity contribution in [2.45, 2.75) is 32.2 Å². The first-order valence-electron chi connectivity index (χ1n) is 5.97. The first-order valence-corrected chi connectivity index (χ1v) is 6.35. The summed E-state index contributed by atoms with van der Waals surface area (Å²) in [6.45, 7) is 3.53. The number of amides is 1. The third-order valence-corrected chi connectivity index (χ3v) is 3.57. The van der Waals surface area contributed by atoms with Crippen molar-refractivity contribution in [1.82, 2.24) is 0 Å². The molecule has 4 N–H and O–H groups in total. The van der Waals surface area contributed by atoms with Crippen LogP contribution in [-0.4, -0.2) is 22.5 Å². The maximum atomic E-state index is 11.4. The molecule has 1 aromatic rings. The zero-order chi connectivity index (χ0) is 14.6. The monoisotopic (exact) mass is 284 g/mol. The Labute approximate surface area is 116 Å². The van der Waals surface area contributed by atoms with Gasteiger partial charge in [-0.05, 0) is 25.0 Å². The van der Waals surface area contributed by atoms with Crippen molar-refractivity contribution >= 4 is 29.2 Å². The number of halogens is 1. The Hall–Kier alpha value is -1.75. The lowest BCUT2D eigenvalue weighted by molar-refractivity contribution is -0.142. The molecule has 0 atom stereocenters. The van der Waals surface area contributed by atoms with Gasteiger partial charge in [0.2, 0.25) is 0 Å². The number of carbonyl (C=O) groups excluding carboxylic acids is 1. The Morgan fingerprint density at radius 1 is 1.37 bits per heavy atom. The molecule has 0 aromatic heterocycles. The molecule has 0 radical (unpaired) electrons. The number of carbonyl (C=O) groups is 2. The van der Waals surface area contributed by atoms with Crippen LogP contribution in [0.1, 0.15) is 37.0 Å². The van der Waals surface area contributed by atoms with Crippen LogP contribution in [0.5, 0.6) is 0 Å². The predicted octanol–water partition coefficient (Wildman–Crippen LogP) is 2.49. The van der Waals surface area contributed by atoms with Crippen LogP contribution in [0.15, 0.2) is 18.2 Å². The van der Waals surface area contributed by atoms with Crippen molar-refractivity contribution in [3.8, 4) is 0 Å². The molecule has 0 aliphatic rings. The number of primary amides is 1. The second kappa shape index (κ2) is 5.93. The van der Waals surface area contributed by atoms with Crippen molar-refractivity contribution in [2.75, 3.05) is 5.32 Å². The first-order chi connectivity index (χ1) is 8.88. The van der Waals surface area contributed by atoms with E-state index < -0.39 is 17.4 Å². The molecular formula is C13H17ClN2O3. The third kappa shape index (κ3) is 2.98. The molecule has 0 saturated heterocycles. The van der Waals surface area contributed by atoms with Gasteiger partial charge in [0.25, 0.3) is 5.91 Å². The molecule has 19 heavy (non-hydrogen) atoms. The number of hydrogen-bond acceptors (Lipinski definition) is 3. The van der Waals surface area contributed by atoms with Gasteiger partial charge in [-0.2, -0.15) is 0 Å². The molecule has 0 aliphatic carbocycles. The molecule has 0 unspecified atom stereocenters. The molecular weight excluding hydrogens is 268 g/mol. The number of rotatable bonds is 6. The standard InChI is InChI=1S/C13H17ClN2O3/c1-3-13(4-2,12(18)19)16-9-7-5-6-8(14)10(9)11(15)17/h5-7,16H,3-4H2,1-2H3,(H2,15,17)(H,18,19). The highest BCUT2D eigenvalue weighted by atomic mass is 35.5. The van der Waals surface area contributed by atoms with E-state index in [0.29, 0.717) is 18.5 Å². The summed E-state index contributed by atoms with van der Waals surface area (Å²) in [4.78, 5) is 22.9. The molecule has 0 bridgehead atoms. The largest absolute Gasteiger partial charge is 0.480 e. The number of carboxylic acids is 1.